The summed E-state index contributed by atoms with van der Waals surface area (Å²) in [7, 11) is -2.49. The molecule has 0 heterocycles. The summed E-state index contributed by atoms with van der Waals surface area (Å²) in [5.74, 6) is 0. The van der Waals surface area contributed by atoms with Crippen molar-refractivity contribution in [2.45, 2.75) is 46.3 Å². The zero-order valence-electron chi connectivity index (χ0n) is 11.2. The van der Waals surface area contributed by atoms with Gasteiger partial charge in [-0.3, -0.25) is 0 Å². The van der Waals surface area contributed by atoms with Crippen molar-refractivity contribution in [3.8, 4) is 0 Å². The Hall–Kier alpha value is -0.523. The molecule has 0 aliphatic heterocycles. The van der Waals surface area contributed by atoms with Gasteiger partial charge in [0.2, 0.25) is 6.08 Å². The second-order valence-electron chi connectivity index (χ2n) is 3.77. The number of isocyanates is 1. The van der Waals surface area contributed by atoms with Crippen LogP contribution in [0.2, 0.25) is 6.55 Å². The van der Waals surface area contributed by atoms with Gasteiger partial charge < -0.3 is 13.3 Å². The zero-order chi connectivity index (χ0) is 13.1. The third-order valence-electron chi connectivity index (χ3n) is 2.17. The fourth-order valence-corrected chi connectivity index (χ4v) is 3.68. The van der Waals surface area contributed by atoms with E-state index in [1.165, 1.54) is 6.08 Å². The normalized spacial score (nSPS) is 13.2. The maximum atomic E-state index is 9.89. The fraction of sp³-hybridized carbons (Fsp3) is 0.909. The van der Waals surface area contributed by atoms with Crippen LogP contribution in [-0.4, -0.2) is 40.7 Å². The summed E-state index contributed by atoms with van der Waals surface area (Å²) in [4.78, 5) is 13.4. The molecule has 100 valence electrons. The molecule has 5 nitrogen and oxygen atoms in total. The Balaban J connectivity index is 4.02. The van der Waals surface area contributed by atoms with Crippen molar-refractivity contribution in [1.82, 2.24) is 0 Å². The Morgan fingerprint density at radius 2 is 1.88 bits per heavy atom. The van der Waals surface area contributed by atoms with Gasteiger partial charge in [-0.25, -0.2) is 9.79 Å². The van der Waals surface area contributed by atoms with Crippen molar-refractivity contribution in [2.75, 3.05) is 19.8 Å². The maximum Gasteiger partial charge on any atom is 0.497 e. The molecule has 0 saturated heterocycles. The molecular formula is C11H23NO4Si. The number of rotatable bonds is 10. The lowest BCUT2D eigenvalue weighted by molar-refractivity contribution is 0.0412. The predicted octanol–water partition coefficient (Wildman–Crippen LogP) is 2.15. The summed E-state index contributed by atoms with van der Waals surface area (Å²) in [6, 6.07) is 0. The van der Waals surface area contributed by atoms with Crippen LogP contribution in [0.25, 0.3) is 0 Å². The summed E-state index contributed by atoms with van der Waals surface area (Å²) in [5.41, 5.74) is 0. The molecule has 6 heteroatoms. The van der Waals surface area contributed by atoms with Gasteiger partial charge in [0.1, 0.15) is 0 Å². The lowest BCUT2D eigenvalue weighted by atomic mass is 10.2. The van der Waals surface area contributed by atoms with Crippen LogP contribution in [0.4, 0.5) is 0 Å². The van der Waals surface area contributed by atoms with Crippen molar-refractivity contribution >= 4 is 14.9 Å². The molecule has 0 aromatic carbocycles. The number of carbonyl (C=O) groups excluding carboxylic acids is 1. The summed E-state index contributed by atoms with van der Waals surface area (Å²) < 4.78 is 17.0. The average Bonchev–Trinajstić information content (AvgIpc) is 2.24. The quantitative estimate of drug-likeness (QED) is 0.262. The first-order valence-corrected chi connectivity index (χ1v) is 8.29. The van der Waals surface area contributed by atoms with Crippen molar-refractivity contribution in [1.29, 1.82) is 0 Å². The molecule has 0 fully saturated rings. The minimum absolute atomic E-state index is 0.0478. The average molecular weight is 261 g/mol. The topological polar surface area (TPSA) is 57.1 Å². The van der Waals surface area contributed by atoms with Crippen LogP contribution >= 0.6 is 0 Å². The van der Waals surface area contributed by atoms with Crippen molar-refractivity contribution in [2.24, 2.45) is 4.99 Å². The van der Waals surface area contributed by atoms with Gasteiger partial charge in [-0.05, 0) is 33.6 Å². The highest BCUT2D eigenvalue weighted by Gasteiger charge is 2.35. The maximum absolute atomic E-state index is 9.89. The Kier molecular flexibility index (Phi) is 9.21. The smallest absolute Gasteiger partial charge is 0.374 e. The van der Waals surface area contributed by atoms with Crippen LogP contribution in [0.5, 0.6) is 0 Å². The van der Waals surface area contributed by atoms with Crippen molar-refractivity contribution < 1.29 is 18.1 Å². The molecular weight excluding hydrogens is 238 g/mol. The van der Waals surface area contributed by atoms with Gasteiger partial charge in [0.05, 0.1) is 6.54 Å². The summed E-state index contributed by atoms with van der Waals surface area (Å²) >= 11 is 0. The van der Waals surface area contributed by atoms with Gasteiger partial charge in [0, 0.05) is 25.9 Å². The first kappa shape index (κ1) is 16.5. The van der Waals surface area contributed by atoms with E-state index in [9.17, 15) is 4.79 Å². The van der Waals surface area contributed by atoms with E-state index in [-0.39, 0.29) is 6.10 Å². The van der Waals surface area contributed by atoms with Crippen LogP contribution < -0.4 is 0 Å². The van der Waals surface area contributed by atoms with Crippen molar-refractivity contribution in [3.63, 3.8) is 0 Å². The molecule has 0 aliphatic carbocycles. The molecule has 0 aliphatic rings. The highest BCUT2D eigenvalue weighted by molar-refractivity contribution is 6.59. The standard InChI is InChI=1S/C11H23NO4Si/c1-5-14-17(4,15-6-2)16-11(3)8-7-9-12-10-13/h11H,5-9H2,1-4H3. The monoisotopic (exact) mass is 261 g/mol. The van der Waals surface area contributed by atoms with Gasteiger partial charge in [-0.1, -0.05) is 0 Å². The number of hydrogen-bond acceptors (Lipinski definition) is 5. The first-order chi connectivity index (χ1) is 8.08. The molecule has 0 bridgehead atoms. The molecule has 1 atom stereocenters. The van der Waals surface area contributed by atoms with Crippen LogP contribution in [0.1, 0.15) is 33.6 Å². The molecule has 1 unspecified atom stereocenters. The largest absolute Gasteiger partial charge is 0.497 e. The van der Waals surface area contributed by atoms with Gasteiger partial charge >= 0.3 is 8.80 Å². The minimum Gasteiger partial charge on any atom is -0.374 e. The predicted molar refractivity (Wildman–Crippen MR) is 67.6 cm³/mol. The second kappa shape index (κ2) is 9.50. The third kappa shape index (κ3) is 8.23. The van der Waals surface area contributed by atoms with E-state index in [1.54, 1.807) is 0 Å². The Labute approximate surface area is 105 Å². The molecule has 17 heavy (non-hydrogen) atoms. The fourth-order valence-electron chi connectivity index (χ4n) is 1.56. The summed E-state index contributed by atoms with van der Waals surface area (Å²) in [5, 5.41) is 0. The Bertz CT molecular complexity index is 238. The van der Waals surface area contributed by atoms with Crippen LogP contribution in [0.3, 0.4) is 0 Å². The van der Waals surface area contributed by atoms with E-state index >= 15 is 0 Å². The van der Waals surface area contributed by atoms with Crippen LogP contribution in [0.15, 0.2) is 4.99 Å². The van der Waals surface area contributed by atoms with Gasteiger partial charge in [-0.2, -0.15) is 0 Å². The van der Waals surface area contributed by atoms with Crippen molar-refractivity contribution in [3.05, 3.63) is 0 Å². The SMILES string of the molecule is CCO[Si](C)(OCC)OC(C)CCCN=C=O. The van der Waals surface area contributed by atoms with Gasteiger partial charge in [0.15, 0.2) is 0 Å². The molecule has 0 rings (SSSR count). The molecule has 0 aromatic heterocycles. The van der Waals surface area contributed by atoms with E-state index in [0.717, 1.165) is 12.8 Å². The Morgan fingerprint density at radius 1 is 1.29 bits per heavy atom. The Morgan fingerprint density at radius 3 is 2.35 bits per heavy atom. The number of aliphatic imine (C=N–C) groups is 1. The van der Waals surface area contributed by atoms with Gasteiger partial charge in [0.25, 0.3) is 0 Å². The number of hydrogen-bond donors (Lipinski definition) is 0. The zero-order valence-corrected chi connectivity index (χ0v) is 12.2. The van der Waals surface area contributed by atoms with Crippen LogP contribution in [0, 0.1) is 0 Å². The van der Waals surface area contributed by atoms with E-state index in [4.69, 9.17) is 13.3 Å². The highest BCUT2D eigenvalue weighted by atomic mass is 28.4. The minimum atomic E-state index is -2.49. The molecule has 0 amide bonds. The second-order valence-corrected chi connectivity index (χ2v) is 6.31. The van der Waals surface area contributed by atoms with Crippen LogP contribution in [-0.2, 0) is 18.1 Å². The first-order valence-electron chi connectivity index (χ1n) is 6.07. The summed E-state index contributed by atoms with van der Waals surface area (Å²) in [6.07, 6.45) is 3.20. The third-order valence-corrected chi connectivity index (χ3v) is 4.63. The molecule has 0 aromatic rings. The summed E-state index contributed by atoms with van der Waals surface area (Å²) in [6.45, 7) is 9.41. The molecule has 0 spiro atoms. The van der Waals surface area contributed by atoms with Gasteiger partial charge in [-0.15, -0.1) is 0 Å². The molecule has 0 N–H and O–H groups in total. The molecule has 0 radical (unpaired) electrons. The van der Waals surface area contributed by atoms with E-state index in [0.29, 0.717) is 19.8 Å². The molecule has 0 saturated carbocycles. The van der Waals surface area contributed by atoms with E-state index < -0.39 is 8.80 Å². The number of nitrogens with zero attached hydrogens (tertiary/aromatic N) is 1. The van der Waals surface area contributed by atoms with E-state index in [1.807, 2.05) is 27.3 Å². The highest BCUT2D eigenvalue weighted by Crippen LogP contribution is 2.14. The van der Waals surface area contributed by atoms with E-state index in [2.05, 4.69) is 4.99 Å². The lowest BCUT2D eigenvalue weighted by Crippen LogP contribution is -2.45. The lowest BCUT2D eigenvalue weighted by Gasteiger charge is -2.28.